The second-order valence-corrected chi connectivity index (χ2v) is 7.58. The zero-order chi connectivity index (χ0) is 13.1. The molecular weight excluding hydrogens is 307 g/mol. The van der Waals surface area contributed by atoms with E-state index in [9.17, 15) is 9.59 Å². The predicted octanol–water partition coefficient (Wildman–Crippen LogP) is 2.29. The molecule has 0 saturated heterocycles. The highest BCUT2D eigenvalue weighted by molar-refractivity contribution is 8.03. The third kappa shape index (κ3) is 3.95. The minimum atomic E-state index is -1.67. The fourth-order valence-electron chi connectivity index (χ4n) is 1.57. The summed E-state index contributed by atoms with van der Waals surface area (Å²) in [5, 5.41) is 0. The SMILES string of the molecule is NC(=O)C1(C(=O)NSC(Cl)(Cl)Cl)C=CCCC1. The number of halogens is 3. The molecule has 1 rings (SSSR count). The highest BCUT2D eigenvalue weighted by Gasteiger charge is 2.43. The van der Waals surface area contributed by atoms with Crippen LogP contribution in [0.25, 0.3) is 0 Å². The Morgan fingerprint density at radius 3 is 2.47 bits per heavy atom. The zero-order valence-corrected chi connectivity index (χ0v) is 11.8. The molecule has 0 aromatic rings. The highest BCUT2D eigenvalue weighted by Crippen LogP contribution is 2.38. The fraction of sp³-hybridized carbons (Fsp3) is 0.556. The van der Waals surface area contributed by atoms with Crippen LogP contribution in [0.2, 0.25) is 0 Å². The molecule has 17 heavy (non-hydrogen) atoms. The summed E-state index contributed by atoms with van der Waals surface area (Å²) in [5.74, 6) is -1.26. The lowest BCUT2D eigenvalue weighted by Gasteiger charge is -2.28. The summed E-state index contributed by atoms with van der Waals surface area (Å²) in [6.45, 7) is 0. The maximum atomic E-state index is 11.9. The first-order valence-electron chi connectivity index (χ1n) is 4.81. The Labute approximate surface area is 118 Å². The van der Waals surface area contributed by atoms with Crippen molar-refractivity contribution in [3.8, 4) is 0 Å². The normalized spacial score (nSPS) is 24.4. The first kappa shape index (κ1) is 15.0. The van der Waals surface area contributed by atoms with Crippen LogP contribution in [-0.2, 0) is 9.59 Å². The van der Waals surface area contributed by atoms with Crippen molar-refractivity contribution in [2.45, 2.75) is 22.4 Å². The van der Waals surface area contributed by atoms with E-state index in [1.165, 1.54) is 6.08 Å². The monoisotopic (exact) mass is 316 g/mol. The lowest BCUT2D eigenvalue weighted by molar-refractivity contribution is -0.137. The molecule has 1 atom stereocenters. The number of nitrogens with one attached hydrogen (secondary N) is 1. The van der Waals surface area contributed by atoms with Gasteiger partial charge in [0.2, 0.25) is 11.8 Å². The number of alkyl halides is 3. The Hall–Kier alpha value is -0.100. The Bertz CT molecular complexity index is 357. The fourth-order valence-corrected chi connectivity index (χ4v) is 2.31. The average molecular weight is 318 g/mol. The van der Waals surface area contributed by atoms with Crippen LogP contribution in [0.5, 0.6) is 0 Å². The van der Waals surface area contributed by atoms with Crippen LogP contribution in [0.15, 0.2) is 12.2 Å². The van der Waals surface area contributed by atoms with Crippen LogP contribution >= 0.6 is 46.8 Å². The summed E-state index contributed by atoms with van der Waals surface area (Å²) in [4.78, 5) is 23.4. The average Bonchev–Trinajstić information content (AvgIpc) is 2.25. The summed E-state index contributed by atoms with van der Waals surface area (Å²) >= 11 is 17.1. The maximum absolute atomic E-state index is 11.9. The number of primary amides is 1. The molecule has 8 heteroatoms. The third-order valence-electron chi connectivity index (χ3n) is 2.45. The van der Waals surface area contributed by atoms with Gasteiger partial charge in [0.25, 0.3) is 3.12 Å². The van der Waals surface area contributed by atoms with Crippen molar-refractivity contribution in [2.75, 3.05) is 0 Å². The van der Waals surface area contributed by atoms with Crippen molar-refractivity contribution in [1.82, 2.24) is 4.72 Å². The molecule has 4 nitrogen and oxygen atoms in total. The van der Waals surface area contributed by atoms with E-state index in [-0.39, 0.29) is 0 Å². The lowest BCUT2D eigenvalue weighted by atomic mass is 9.78. The summed E-state index contributed by atoms with van der Waals surface area (Å²) in [5.41, 5.74) is 3.95. The number of nitrogens with two attached hydrogens (primary N) is 1. The van der Waals surface area contributed by atoms with Gasteiger partial charge >= 0.3 is 0 Å². The van der Waals surface area contributed by atoms with Crippen molar-refractivity contribution < 1.29 is 9.59 Å². The summed E-state index contributed by atoms with van der Waals surface area (Å²) in [7, 11) is 0. The van der Waals surface area contributed by atoms with Gasteiger partial charge in [-0.3, -0.25) is 14.3 Å². The molecule has 0 saturated carbocycles. The number of amides is 2. The Balaban J connectivity index is 2.79. The van der Waals surface area contributed by atoms with Gasteiger partial charge in [0.15, 0.2) is 0 Å². The molecule has 0 spiro atoms. The summed E-state index contributed by atoms with van der Waals surface area (Å²) in [6.07, 6.45) is 5.18. The second-order valence-electron chi connectivity index (χ2n) is 3.61. The van der Waals surface area contributed by atoms with Crippen LogP contribution in [0.4, 0.5) is 0 Å². The topological polar surface area (TPSA) is 72.2 Å². The number of rotatable bonds is 3. The van der Waals surface area contributed by atoms with Crippen LogP contribution in [0, 0.1) is 5.41 Å². The van der Waals surface area contributed by atoms with E-state index in [1.54, 1.807) is 6.08 Å². The van der Waals surface area contributed by atoms with Crippen LogP contribution in [0.3, 0.4) is 0 Å². The van der Waals surface area contributed by atoms with E-state index < -0.39 is 20.4 Å². The number of carbonyl (C=O) groups excluding carboxylic acids is 2. The van der Waals surface area contributed by atoms with Crippen molar-refractivity contribution in [3.63, 3.8) is 0 Å². The van der Waals surface area contributed by atoms with Gasteiger partial charge < -0.3 is 5.73 Å². The number of hydrogen-bond acceptors (Lipinski definition) is 3. The Morgan fingerprint density at radius 1 is 1.41 bits per heavy atom. The van der Waals surface area contributed by atoms with Crippen LogP contribution in [0.1, 0.15) is 19.3 Å². The summed E-state index contributed by atoms with van der Waals surface area (Å²) in [6, 6.07) is 0. The van der Waals surface area contributed by atoms with E-state index in [0.29, 0.717) is 24.8 Å². The van der Waals surface area contributed by atoms with Gasteiger partial charge in [-0.25, -0.2) is 0 Å². The van der Waals surface area contributed by atoms with Crippen LogP contribution < -0.4 is 10.5 Å². The lowest BCUT2D eigenvalue weighted by Crippen LogP contribution is -2.48. The number of carbonyl (C=O) groups is 2. The standard InChI is InChI=1S/C9H11Cl3N2O2S/c10-9(11,12)17-14-7(16)8(6(13)15)4-2-1-3-5-8/h2,4H,1,3,5H2,(H2,13,15)(H,14,16). The molecule has 96 valence electrons. The smallest absolute Gasteiger partial charge is 0.256 e. The molecule has 1 aliphatic rings. The first-order valence-corrected chi connectivity index (χ1v) is 6.76. The molecule has 0 aliphatic heterocycles. The van der Waals surface area contributed by atoms with Crippen molar-refractivity contribution in [3.05, 3.63) is 12.2 Å². The van der Waals surface area contributed by atoms with Gasteiger partial charge in [0.1, 0.15) is 5.41 Å². The van der Waals surface area contributed by atoms with E-state index >= 15 is 0 Å². The molecule has 1 aliphatic carbocycles. The van der Waals surface area contributed by atoms with Gasteiger partial charge in [0, 0.05) is 11.9 Å². The molecule has 0 radical (unpaired) electrons. The van der Waals surface area contributed by atoms with Gasteiger partial charge in [-0.1, -0.05) is 47.0 Å². The van der Waals surface area contributed by atoms with E-state index in [2.05, 4.69) is 4.72 Å². The first-order chi connectivity index (χ1) is 7.78. The van der Waals surface area contributed by atoms with Crippen molar-refractivity contribution in [2.24, 2.45) is 11.1 Å². The molecule has 0 heterocycles. The highest BCUT2D eigenvalue weighted by atomic mass is 35.6. The molecule has 0 fully saturated rings. The summed E-state index contributed by atoms with van der Waals surface area (Å²) < 4.78 is 0.671. The van der Waals surface area contributed by atoms with Crippen molar-refractivity contribution in [1.29, 1.82) is 0 Å². The van der Waals surface area contributed by atoms with Crippen molar-refractivity contribution >= 4 is 58.6 Å². The maximum Gasteiger partial charge on any atom is 0.256 e. The quantitative estimate of drug-likeness (QED) is 0.363. The number of allylic oxidation sites excluding steroid dienone is 1. The minimum Gasteiger partial charge on any atom is -0.368 e. The van der Waals surface area contributed by atoms with E-state index in [0.717, 1.165) is 6.42 Å². The zero-order valence-electron chi connectivity index (χ0n) is 8.71. The molecule has 2 amide bonds. The minimum absolute atomic E-state index is 0.366. The van der Waals surface area contributed by atoms with E-state index in [1.807, 2.05) is 0 Å². The predicted molar refractivity (Wildman–Crippen MR) is 70.6 cm³/mol. The molecule has 0 aromatic carbocycles. The Morgan fingerprint density at radius 2 is 2.06 bits per heavy atom. The van der Waals surface area contributed by atoms with Gasteiger partial charge in [-0.05, 0) is 19.3 Å². The third-order valence-corrected chi connectivity index (χ3v) is 3.66. The van der Waals surface area contributed by atoms with Gasteiger partial charge in [-0.2, -0.15) is 0 Å². The molecular formula is C9H11Cl3N2O2S. The van der Waals surface area contributed by atoms with E-state index in [4.69, 9.17) is 40.5 Å². The second kappa shape index (κ2) is 5.69. The largest absolute Gasteiger partial charge is 0.368 e. The van der Waals surface area contributed by atoms with Gasteiger partial charge in [-0.15, -0.1) is 0 Å². The van der Waals surface area contributed by atoms with Gasteiger partial charge in [0.05, 0.1) is 0 Å². The molecule has 0 aromatic heterocycles. The molecule has 3 N–H and O–H groups in total. The Kier molecular flexibility index (Phi) is 5.01. The number of hydrogen-bond donors (Lipinski definition) is 2. The molecule has 1 unspecified atom stereocenters. The molecule has 0 bridgehead atoms. The van der Waals surface area contributed by atoms with Crippen LogP contribution in [-0.4, -0.2) is 14.9 Å².